The third-order valence-electron chi connectivity index (χ3n) is 3.74. The largest absolute Gasteiger partial charge is 0.374 e. The summed E-state index contributed by atoms with van der Waals surface area (Å²) in [4.78, 5) is 2.62. The van der Waals surface area contributed by atoms with E-state index in [1.807, 2.05) is 0 Å². The Bertz CT molecular complexity index is 214. The maximum atomic E-state index is 5.78. The third-order valence-corrected chi connectivity index (χ3v) is 3.74. The summed E-state index contributed by atoms with van der Waals surface area (Å²) in [7, 11) is 0. The van der Waals surface area contributed by atoms with Gasteiger partial charge in [0.05, 0.1) is 12.7 Å². The lowest BCUT2D eigenvalue weighted by Gasteiger charge is -2.33. The Balaban J connectivity index is 1.36. The predicted molar refractivity (Wildman–Crippen MR) is 59.9 cm³/mol. The monoisotopic (exact) mass is 210 g/mol. The van der Waals surface area contributed by atoms with Gasteiger partial charge in [0.15, 0.2) is 0 Å². The van der Waals surface area contributed by atoms with Gasteiger partial charge in [-0.15, -0.1) is 0 Å². The van der Waals surface area contributed by atoms with Gasteiger partial charge in [0, 0.05) is 25.7 Å². The Morgan fingerprint density at radius 2 is 2.00 bits per heavy atom. The van der Waals surface area contributed by atoms with Crippen molar-refractivity contribution in [1.29, 1.82) is 0 Å². The molecule has 2 aliphatic carbocycles. The van der Waals surface area contributed by atoms with Gasteiger partial charge in [-0.05, 0) is 38.1 Å². The maximum Gasteiger partial charge on any atom is 0.0826 e. The number of morpholine rings is 1. The smallest absolute Gasteiger partial charge is 0.0826 e. The van der Waals surface area contributed by atoms with Crippen molar-refractivity contribution in [2.45, 2.75) is 37.8 Å². The molecule has 0 unspecified atom stereocenters. The molecule has 0 radical (unpaired) electrons. The highest BCUT2D eigenvalue weighted by molar-refractivity contribution is 4.88. The molecule has 0 aromatic rings. The van der Waals surface area contributed by atoms with Crippen LogP contribution in [0.5, 0.6) is 0 Å². The number of rotatable bonds is 5. The van der Waals surface area contributed by atoms with Gasteiger partial charge >= 0.3 is 0 Å². The molecule has 0 aromatic heterocycles. The van der Waals surface area contributed by atoms with Crippen LogP contribution in [0.1, 0.15) is 25.7 Å². The van der Waals surface area contributed by atoms with Crippen LogP contribution in [0.2, 0.25) is 0 Å². The SMILES string of the molecule is C1CN(C2CC2)C[C@H](CNCC2CC2)O1. The molecule has 3 rings (SSSR count). The molecule has 15 heavy (non-hydrogen) atoms. The first-order valence-electron chi connectivity index (χ1n) is 6.48. The normalized spacial score (nSPS) is 33.2. The summed E-state index contributed by atoms with van der Waals surface area (Å²) in [6.07, 6.45) is 6.15. The quantitative estimate of drug-likeness (QED) is 0.728. The van der Waals surface area contributed by atoms with E-state index in [9.17, 15) is 0 Å². The van der Waals surface area contributed by atoms with Gasteiger partial charge in [0.25, 0.3) is 0 Å². The van der Waals surface area contributed by atoms with Crippen molar-refractivity contribution in [3.63, 3.8) is 0 Å². The lowest BCUT2D eigenvalue weighted by atomic mass is 10.2. The van der Waals surface area contributed by atoms with Crippen molar-refractivity contribution in [2.75, 3.05) is 32.8 Å². The maximum absolute atomic E-state index is 5.78. The van der Waals surface area contributed by atoms with Gasteiger partial charge < -0.3 is 10.1 Å². The molecule has 0 spiro atoms. The average Bonchev–Trinajstić information content (AvgIpc) is 3.13. The fraction of sp³-hybridized carbons (Fsp3) is 1.00. The highest BCUT2D eigenvalue weighted by Gasteiger charge is 2.32. The Labute approximate surface area is 92.2 Å². The van der Waals surface area contributed by atoms with E-state index >= 15 is 0 Å². The first kappa shape index (κ1) is 10.1. The molecule has 2 saturated carbocycles. The zero-order valence-corrected chi connectivity index (χ0v) is 9.45. The van der Waals surface area contributed by atoms with E-state index in [4.69, 9.17) is 4.74 Å². The van der Waals surface area contributed by atoms with Gasteiger partial charge in [0.2, 0.25) is 0 Å². The summed E-state index contributed by atoms with van der Waals surface area (Å²) in [5.41, 5.74) is 0. The Kier molecular flexibility index (Phi) is 2.95. The van der Waals surface area contributed by atoms with Gasteiger partial charge in [0.1, 0.15) is 0 Å². The van der Waals surface area contributed by atoms with Crippen molar-refractivity contribution in [3.05, 3.63) is 0 Å². The molecule has 3 aliphatic rings. The lowest BCUT2D eigenvalue weighted by molar-refractivity contribution is -0.0300. The molecule has 0 amide bonds. The molecule has 1 aliphatic heterocycles. The first-order valence-corrected chi connectivity index (χ1v) is 6.48. The fourth-order valence-electron chi connectivity index (χ4n) is 2.41. The summed E-state index contributed by atoms with van der Waals surface area (Å²) in [5, 5.41) is 3.55. The van der Waals surface area contributed by atoms with Gasteiger partial charge in [-0.3, -0.25) is 4.90 Å². The van der Waals surface area contributed by atoms with E-state index in [0.717, 1.165) is 38.2 Å². The number of nitrogens with zero attached hydrogens (tertiary/aromatic N) is 1. The molecule has 3 nitrogen and oxygen atoms in total. The van der Waals surface area contributed by atoms with Crippen molar-refractivity contribution in [1.82, 2.24) is 10.2 Å². The minimum absolute atomic E-state index is 0.443. The minimum Gasteiger partial charge on any atom is -0.374 e. The van der Waals surface area contributed by atoms with Crippen LogP contribution in [0.25, 0.3) is 0 Å². The Morgan fingerprint density at radius 3 is 2.73 bits per heavy atom. The van der Waals surface area contributed by atoms with Crippen LogP contribution in [0, 0.1) is 5.92 Å². The third kappa shape index (κ3) is 2.92. The molecular formula is C12H22N2O. The number of nitrogens with one attached hydrogen (secondary N) is 1. The van der Waals surface area contributed by atoms with Crippen LogP contribution in [-0.2, 0) is 4.74 Å². The number of hydrogen-bond acceptors (Lipinski definition) is 3. The summed E-state index contributed by atoms with van der Waals surface area (Å²) in [6.45, 7) is 5.52. The second-order valence-electron chi connectivity index (χ2n) is 5.32. The highest BCUT2D eigenvalue weighted by Crippen LogP contribution is 2.29. The van der Waals surface area contributed by atoms with E-state index < -0.39 is 0 Å². The summed E-state index contributed by atoms with van der Waals surface area (Å²) >= 11 is 0. The molecular weight excluding hydrogens is 188 g/mol. The summed E-state index contributed by atoms with van der Waals surface area (Å²) < 4.78 is 5.78. The second kappa shape index (κ2) is 4.40. The number of hydrogen-bond donors (Lipinski definition) is 1. The molecule has 86 valence electrons. The van der Waals surface area contributed by atoms with Gasteiger partial charge in [-0.25, -0.2) is 0 Å². The topological polar surface area (TPSA) is 24.5 Å². The van der Waals surface area contributed by atoms with Crippen LogP contribution in [0.15, 0.2) is 0 Å². The molecule has 0 bridgehead atoms. The van der Waals surface area contributed by atoms with E-state index in [1.54, 1.807) is 0 Å². The zero-order chi connectivity index (χ0) is 10.1. The summed E-state index contributed by atoms with van der Waals surface area (Å²) in [5.74, 6) is 0.980. The zero-order valence-electron chi connectivity index (χ0n) is 9.45. The lowest BCUT2D eigenvalue weighted by Crippen LogP contribution is -2.47. The van der Waals surface area contributed by atoms with E-state index in [2.05, 4.69) is 10.2 Å². The fourth-order valence-corrected chi connectivity index (χ4v) is 2.41. The van der Waals surface area contributed by atoms with Crippen molar-refractivity contribution >= 4 is 0 Å². The molecule has 0 aromatic carbocycles. The molecule has 3 fully saturated rings. The van der Waals surface area contributed by atoms with Crippen molar-refractivity contribution in [2.24, 2.45) is 5.92 Å². The predicted octanol–water partition coefficient (Wildman–Crippen LogP) is 0.849. The Morgan fingerprint density at radius 1 is 1.13 bits per heavy atom. The van der Waals surface area contributed by atoms with Crippen LogP contribution >= 0.6 is 0 Å². The standard InChI is InChI=1S/C12H22N2O/c1-2-10(1)7-13-8-12-9-14(5-6-15-12)11-3-4-11/h10-13H,1-9H2/t12-/m0/s1. The molecule has 3 heteroatoms. The molecule has 1 heterocycles. The van der Waals surface area contributed by atoms with Crippen LogP contribution in [0.3, 0.4) is 0 Å². The van der Waals surface area contributed by atoms with Crippen LogP contribution < -0.4 is 5.32 Å². The first-order chi connectivity index (χ1) is 7.42. The Hall–Kier alpha value is -0.120. The molecule has 1 saturated heterocycles. The highest BCUT2D eigenvalue weighted by atomic mass is 16.5. The van der Waals surface area contributed by atoms with E-state index in [0.29, 0.717) is 6.10 Å². The number of ether oxygens (including phenoxy) is 1. The van der Waals surface area contributed by atoms with Crippen molar-refractivity contribution < 1.29 is 4.74 Å². The van der Waals surface area contributed by atoms with Crippen LogP contribution in [0.4, 0.5) is 0 Å². The second-order valence-corrected chi connectivity index (χ2v) is 5.32. The molecule has 1 N–H and O–H groups in total. The van der Waals surface area contributed by atoms with Gasteiger partial charge in [-0.1, -0.05) is 0 Å². The van der Waals surface area contributed by atoms with E-state index in [-0.39, 0.29) is 0 Å². The summed E-state index contributed by atoms with van der Waals surface area (Å²) in [6, 6.07) is 0.903. The van der Waals surface area contributed by atoms with Crippen molar-refractivity contribution in [3.8, 4) is 0 Å². The average molecular weight is 210 g/mol. The van der Waals surface area contributed by atoms with E-state index in [1.165, 1.54) is 32.2 Å². The van der Waals surface area contributed by atoms with Crippen LogP contribution in [-0.4, -0.2) is 49.8 Å². The minimum atomic E-state index is 0.443. The molecule has 1 atom stereocenters. The van der Waals surface area contributed by atoms with Gasteiger partial charge in [-0.2, -0.15) is 0 Å².